The van der Waals surface area contributed by atoms with Gasteiger partial charge in [-0.25, -0.2) is 13.8 Å². The number of hydrogen-bond acceptors (Lipinski definition) is 6. The Labute approximate surface area is 137 Å². The van der Waals surface area contributed by atoms with Crippen LogP contribution in [0.2, 0.25) is 0 Å². The van der Waals surface area contributed by atoms with E-state index in [2.05, 4.69) is 19.7 Å². The normalized spacial score (nSPS) is 16.5. The molecule has 1 saturated heterocycles. The molecule has 0 saturated carbocycles. The molecule has 8 heteroatoms. The Morgan fingerprint density at radius 2 is 2.13 bits per heavy atom. The highest BCUT2D eigenvalue weighted by Gasteiger charge is 2.41. The molecule has 0 spiro atoms. The van der Waals surface area contributed by atoms with E-state index in [-0.39, 0.29) is 11.8 Å². The number of rotatable bonds is 5. The molecule has 23 heavy (non-hydrogen) atoms. The molecule has 1 aliphatic heterocycles. The zero-order chi connectivity index (χ0) is 16.6. The second kappa shape index (κ2) is 5.99. The van der Waals surface area contributed by atoms with Crippen LogP contribution in [0.1, 0.15) is 24.6 Å². The van der Waals surface area contributed by atoms with Crippen molar-refractivity contribution in [3.63, 3.8) is 0 Å². The molecule has 124 valence electrons. The lowest BCUT2D eigenvalue weighted by Gasteiger charge is -2.49. The van der Waals surface area contributed by atoms with E-state index in [9.17, 15) is 8.78 Å². The predicted octanol–water partition coefficient (Wildman–Crippen LogP) is 3.78. The van der Waals surface area contributed by atoms with Crippen LogP contribution in [0.5, 0.6) is 0 Å². The van der Waals surface area contributed by atoms with Gasteiger partial charge in [-0.05, 0) is 31.4 Å². The Balaban J connectivity index is 1.72. The highest BCUT2D eigenvalue weighted by molar-refractivity contribution is 7.10. The molecule has 0 unspecified atom stereocenters. The van der Waals surface area contributed by atoms with Gasteiger partial charge in [0, 0.05) is 36.7 Å². The first-order valence-electron chi connectivity index (χ1n) is 7.42. The molecule has 1 aliphatic rings. The molecule has 0 amide bonds. The maximum atomic E-state index is 12.6. The van der Waals surface area contributed by atoms with Crippen LogP contribution in [0.15, 0.2) is 12.3 Å². The summed E-state index contributed by atoms with van der Waals surface area (Å²) in [6.07, 6.45) is -0.583. The quantitative estimate of drug-likeness (QED) is 0.898. The van der Waals surface area contributed by atoms with Crippen LogP contribution in [0.25, 0.3) is 0 Å². The summed E-state index contributed by atoms with van der Waals surface area (Å²) in [5.41, 5.74) is 1.54. The molecule has 0 radical (unpaired) electrons. The molecule has 0 aliphatic carbocycles. The standard InChI is InChI=1S/C15H19F2N5S/c1-9-6-18-14(19-12-4-10(2)21-23-12)20-13(9)22-7-15(3,8-22)5-11(16)17/h4,6,11H,5,7-8H2,1-3H3,(H,18,19,20). The van der Waals surface area contributed by atoms with E-state index in [4.69, 9.17) is 0 Å². The second-order valence-electron chi connectivity index (χ2n) is 6.42. The first kappa shape index (κ1) is 16.0. The summed E-state index contributed by atoms with van der Waals surface area (Å²) in [4.78, 5) is 10.8. The Morgan fingerprint density at radius 3 is 2.74 bits per heavy atom. The molecule has 0 aromatic carbocycles. The lowest BCUT2D eigenvalue weighted by Crippen LogP contribution is -2.56. The third-order valence-corrected chi connectivity index (χ3v) is 4.70. The summed E-state index contributed by atoms with van der Waals surface area (Å²) < 4.78 is 29.4. The van der Waals surface area contributed by atoms with Crippen molar-refractivity contribution in [2.75, 3.05) is 23.3 Å². The fourth-order valence-corrected chi connectivity index (χ4v) is 3.53. The monoisotopic (exact) mass is 339 g/mol. The van der Waals surface area contributed by atoms with Crippen LogP contribution >= 0.6 is 11.5 Å². The lowest BCUT2D eigenvalue weighted by atomic mass is 9.79. The Kier molecular flexibility index (Phi) is 4.18. The molecule has 0 atom stereocenters. The molecule has 2 aromatic heterocycles. The van der Waals surface area contributed by atoms with Crippen molar-refractivity contribution >= 4 is 28.3 Å². The summed E-state index contributed by atoms with van der Waals surface area (Å²) in [7, 11) is 0. The number of anilines is 3. The van der Waals surface area contributed by atoms with Gasteiger partial charge in [-0.1, -0.05) is 6.92 Å². The van der Waals surface area contributed by atoms with Gasteiger partial charge in [0.1, 0.15) is 10.8 Å². The van der Waals surface area contributed by atoms with E-state index in [1.165, 1.54) is 11.5 Å². The predicted molar refractivity (Wildman–Crippen MR) is 87.8 cm³/mol. The van der Waals surface area contributed by atoms with E-state index < -0.39 is 6.43 Å². The first-order valence-corrected chi connectivity index (χ1v) is 8.19. The fourth-order valence-electron chi connectivity index (χ4n) is 2.87. The van der Waals surface area contributed by atoms with Crippen molar-refractivity contribution in [3.05, 3.63) is 23.5 Å². The Hall–Kier alpha value is -1.83. The number of alkyl halides is 2. The van der Waals surface area contributed by atoms with E-state index in [0.717, 1.165) is 22.1 Å². The molecule has 3 heterocycles. The summed E-state index contributed by atoms with van der Waals surface area (Å²) in [5.74, 6) is 1.30. The van der Waals surface area contributed by atoms with Gasteiger partial charge >= 0.3 is 0 Å². The molecule has 3 rings (SSSR count). The maximum Gasteiger partial charge on any atom is 0.239 e. The SMILES string of the molecule is Cc1cc(Nc2ncc(C)c(N3CC(C)(CC(F)F)C3)n2)sn1. The zero-order valence-corrected chi connectivity index (χ0v) is 14.1. The largest absolute Gasteiger partial charge is 0.355 e. The van der Waals surface area contributed by atoms with Gasteiger partial charge in [-0.15, -0.1) is 0 Å². The van der Waals surface area contributed by atoms with Gasteiger partial charge in [0.2, 0.25) is 12.4 Å². The average molecular weight is 339 g/mol. The van der Waals surface area contributed by atoms with Crippen LogP contribution < -0.4 is 10.2 Å². The molecular formula is C15H19F2N5S. The fraction of sp³-hybridized carbons (Fsp3) is 0.533. The zero-order valence-electron chi connectivity index (χ0n) is 13.3. The van der Waals surface area contributed by atoms with E-state index in [1.54, 1.807) is 6.20 Å². The first-order chi connectivity index (χ1) is 10.8. The maximum absolute atomic E-state index is 12.6. The van der Waals surface area contributed by atoms with E-state index >= 15 is 0 Å². The molecule has 0 bridgehead atoms. The second-order valence-corrected chi connectivity index (χ2v) is 7.22. The highest BCUT2D eigenvalue weighted by atomic mass is 32.1. The number of aryl methyl sites for hydroxylation is 2. The third kappa shape index (κ3) is 3.57. The summed E-state index contributed by atoms with van der Waals surface area (Å²) >= 11 is 1.35. The molecular weight excluding hydrogens is 320 g/mol. The van der Waals surface area contributed by atoms with Gasteiger partial charge in [0.15, 0.2) is 0 Å². The van der Waals surface area contributed by atoms with Gasteiger partial charge < -0.3 is 10.2 Å². The Morgan fingerprint density at radius 1 is 1.39 bits per heavy atom. The Bertz CT molecular complexity index is 697. The van der Waals surface area contributed by atoms with Crippen LogP contribution in [0, 0.1) is 19.3 Å². The summed E-state index contributed by atoms with van der Waals surface area (Å²) in [6.45, 7) is 6.93. The van der Waals surface area contributed by atoms with E-state index in [0.29, 0.717) is 19.0 Å². The van der Waals surface area contributed by atoms with E-state index in [1.807, 2.05) is 31.7 Å². The number of nitrogens with one attached hydrogen (secondary N) is 1. The number of hydrogen-bond donors (Lipinski definition) is 1. The molecule has 5 nitrogen and oxygen atoms in total. The summed E-state index contributed by atoms with van der Waals surface area (Å²) in [6, 6.07) is 1.93. The smallest absolute Gasteiger partial charge is 0.239 e. The number of halogens is 2. The molecule has 2 aromatic rings. The van der Waals surface area contributed by atoms with Crippen LogP contribution in [-0.2, 0) is 0 Å². The van der Waals surface area contributed by atoms with Gasteiger partial charge in [0.05, 0.1) is 5.69 Å². The summed E-state index contributed by atoms with van der Waals surface area (Å²) in [5, 5.41) is 4.01. The minimum atomic E-state index is -2.26. The molecule has 1 N–H and O–H groups in total. The van der Waals surface area contributed by atoms with Crippen molar-refractivity contribution in [2.45, 2.75) is 33.6 Å². The van der Waals surface area contributed by atoms with Crippen LogP contribution in [-0.4, -0.2) is 33.9 Å². The van der Waals surface area contributed by atoms with Crippen molar-refractivity contribution in [1.29, 1.82) is 0 Å². The lowest BCUT2D eigenvalue weighted by molar-refractivity contribution is 0.0643. The average Bonchev–Trinajstić information content (AvgIpc) is 2.83. The van der Waals surface area contributed by atoms with Crippen molar-refractivity contribution in [3.8, 4) is 0 Å². The minimum absolute atomic E-state index is 0.0706. The van der Waals surface area contributed by atoms with Crippen molar-refractivity contribution < 1.29 is 8.78 Å². The molecule has 1 fully saturated rings. The van der Waals surface area contributed by atoms with Crippen molar-refractivity contribution in [1.82, 2.24) is 14.3 Å². The van der Waals surface area contributed by atoms with Gasteiger partial charge in [-0.2, -0.15) is 9.36 Å². The minimum Gasteiger partial charge on any atom is -0.355 e. The van der Waals surface area contributed by atoms with Gasteiger partial charge in [0.25, 0.3) is 0 Å². The van der Waals surface area contributed by atoms with Gasteiger partial charge in [-0.3, -0.25) is 0 Å². The number of nitrogens with zero attached hydrogens (tertiary/aromatic N) is 4. The number of aromatic nitrogens is 3. The van der Waals surface area contributed by atoms with Crippen LogP contribution in [0.4, 0.5) is 25.5 Å². The highest BCUT2D eigenvalue weighted by Crippen LogP contribution is 2.39. The van der Waals surface area contributed by atoms with Crippen LogP contribution in [0.3, 0.4) is 0 Å². The topological polar surface area (TPSA) is 53.9 Å². The third-order valence-electron chi connectivity index (χ3n) is 3.90. The van der Waals surface area contributed by atoms with Crippen molar-refractivity contribution in [2.24, 2.45) is 5.41 Å².